The van der Waals surface area contributed by atoms with Gasteiger partial charge < -0.3 is 14.2 Å². The second kappa shape index (κ2) is 8.61. The maximum atomic E-state index is 5.53. The number of hydrogen-bond donors (Lipinski definition) is 0. The molecule has 0 saturated carbocycles. The van der Waals surface area contributed by atoms with E-state index in [9.17, 15) is 0 Å². The number of ether oxygens (including phenoxy) is 3. The van der Waals surface area contributed by atoms with E-state index >= 15 is 0 Å². The highest BCUT2D eigenvalue weighted by atomic mass is 16.5. The van der Waals surface area contributed by atoms with Crippen LogP contribution >= 0.6 is 0 Å². The number of hydrogen-bond acceptors (Lipinski definition) is 6. The van der Waals surface area contributed by atoms with Crippen molar-refractivity contribution in [2.75, 3.05) is 21.3 Å². The number of pyridine rings is 3. The third kappa shape index (κ3) is 3.80. The van der Waals surface area contributed by atoms with Crippen molar-refractivity contribution >= 4 is 0 Å². The lowest BCUT2D eigenvalue weighted by Gasteiger charge is -2.15. The van der Waals surface area contributed by atoms with E-state index in [0.29, 0.717) is 17.2 Å². The van der Waals surface area contributed by atoms with E-state index in [-0.39, 0.29) is 0 Å². The zero-order valence-electron chi connectivity index (χ0n) is 17.0. The van der Waals surface area contributed by atoms with Crippen LogP contribution in [0.3, 0.4) is 0 Å². The second-order valence-corrected chi connectivity index (χ2v) is 6.47. The minimum atomic E-state index is 0.549. The Morgan fingerprint density at radius 1 is 0.567 bits per heavy atom. The molecule has 4 aromatic rings. The van der Waals surface area contributed by atoms with Crippen LogP contribution in [0.15, 0.2) is 73.1 Å². The van der Waals surface area contributed by atoms with Crippen LogP contribution in [-0.4, -0.2) is 36.3 Å². The Bertz CT molecular complexity index is 1070. The Balaban J connectivity index is 1.94. The molecule has 4 rings (SSSR count). The minimum Gasteiger partial charge on any atom is -0.493 e. The van der Waals surface area contributed by atoms with Crippen molar-refractivity contribution in [3.05, 3.63) is 73.1 Å². The summed E-state index contributed by atoms with van der Waals surface area (Å²) >= 11 is 0. The summed E-state index contributed by atoms with van der Waals surface area (Å²) in [6, 6.07) is 19.3. The number of rotatable bonds is 6. The molecule has 0 fully saturated rings. The van der Waals surface area contributed by atoms with Crippen LogP contribution in [0.25, 0.3) is 33.9 Å². The molecule has 6 heteroatoms. The maximum Gasteiger partial charge on any atom is 0.203 e. The molecule has 3 aromatic heterocycles. The van der Waals surface area contributed by atoms with Crippen molar-refractivity contribution < 1.29 is 14.2 Å². The molecule has 0 bridgehead atoms. The first-order valence-corrected chi connectivity index (χ1v) is 9.38. The van der Waals surface area contributed by atoms with Gasteiger partial charge in [0.05, 0.1) is 44.1 Å². The van der Waals surface area contributed by atoms with Crippen LogP contribution in [0.1, 0.15) is 0 Å². The van der Waals surface area contributed by atoms with Crippen molar-refractivity contribution in [1.82, 2.24) is 15.0 Å². The smallest absolute Gasteiger partial charge is 0.203 e. The Morgan fingerprint density at radius 3 is 1.47 bits per heavy atom. The minimum absolute atomic E-state index is 0.549. The molecule has 6 nitrogen and oxygen atoms in total. The largest absolute Gasteiger partial charge is 0.493 e. The monoisotopic (exact) mass is 399 g/mol. The van der Waals surface area contributed by atoms with Crippen LogP contribution < -0.4 is 14.2 Å². The molecule has 0 spiro atoms. The first-order valence-electron chi connectivity index (χ1n) is 9.38. The molecule has 3 heterocycles. The molecular weight excluding hydrogens is 378 g/mol. The van der Waals surface area contributed by atoms with Gasteiger partial charge in [-0.05, 0) is 59.7 Å². The van der Waals surface area contributed by atoms with Gasteiger partial charge in [0.25, 0.3) is 0 Å². The molecule has 0 N–H and O–H groups in total. The van der Waals surface area contributed by atoms with Crippen LogP contribution in [0, 0.1) is 0 Å². The quantitative estimate of drug-likeness (QED) is 0.459. The molecule has 0 aliphatic rings. The van der Waals surface area contributed by atoms with Gasteiger partial charge in [-0.3, -0.25) is 9.97 Å². The fraction of sp³-hybridized carbons (Fsp3) is 0.125. The van der Waals surface area contributed by atoms with Crippen LogP contribution in [-0.2, 0) is 0 Å². The van der Waals surface area contributed by atoms with E-state index in [4.69, 9.17) is 19.2 Å². The predicted octanol–water partition coefficient (Wildman–Crippen LogP) is 4.90. The highest BCUT2D eigenvalue weighted by molar-refractivity contribution is 5.77. The van der Waals surface area contributed by atoms with Gasteiger partial charge in [0.15, 0.2) is 11.5 Å². The van der Waals surface area contributed by atoms with Crippen LogP contribution in [0.5, 0.6) is 17.2 Å². The van der Waals surface area contributed by atoms with Crippen molar-refractivity contribution in [3.63, 3.8) is 0 Å². The Hall–Kier alpha value is -3.93. The molecule has 0 saturated heterocycles. The van der Waals surface area contributed by atoms with Crippen LogP contribution in [0.4, 0.5) is 0 Å². The van der Waals surface area contributed by atoms with Gasteiger partial charge >= 0.3 is 0 Å². The SMILES string of the molecule is COc1cc(-c2cc(-c3ccccn3)nc(-c3ccccn3)c2)cc(OC)c1OC. The number of aromatic nitrogens is 3. The maximum absolute atomic E-state index is 5.53. The summed E-state index contributed by atoms with van der Waals surface area (Å²) < 4.78 is 16.5. The average Bonchev–Trinajstić information content (AvgIpc) is 2.83. The Morgan fingerprint density at radius 2 is 1.07 bits per heavy atom. The topological polar surface area (TPSA) is 66.4 Å². The molecule has 30 heavy (non-hydrogen) atoms. The van der Waals surface area contributed by atoms with E-state index in [0.717, 1.165) is 33.9 Å². The van der Waals surface area contributed by atoms with Gasteiger partial charge in [0.2, 0.25) is 5.75 Å². The molecule has 0 aliphatic heterocycles. The Labute approximate surface area is 175 Å². The summed E-state index contributed by atoms with van der Waals surface area (Å²) in [7, 11) is 4.79. The predicted molar refractivity (Wildman–Crippen MR) is 116 cm³/mol. The van der Waals surface area contributed by atoms with E-state index in [1.807, 2.05) is 60.7 Å². The fourth-order valence-corrected chi connectivity index (χ4v) is 3.24. The van der Waals surface area contributed by atoms with Gasteiger partial charge in [0.1, 0.15) is 0 Å². The normalized spacial score (nSPS) is 10.5. The van der Waals surface area contributed by atoms with Crippen molar-refractivity contribution in [2.45, 2.75) is 0 Å². The van der Waals surface area contributed by atoms with Gasteiger partial charge in [-0.1, -0.05) is 12.1 Å². The molecule has 0 radical (unpaired) electrons. The molecule has 0 aliphatic carbocycles. The highest BCUT2D eigenvalue weighted by Crippen LogP contribution is 2.42. The summed E-state index contributed by atoms with van der Waals surface area (Å²) in [5, 5.41) is 0. The fourth-order valence-electron chi connectivity index (χ4n) is 3.24. The number of methoxy groups -OCH3 is 3. The average molecular weight is 399 g/mol. The van der Waals surface area contributed by atoms with E-state index in [2.05, 4.69) is 9.97 Å². The van der Waals surface area contributed by atoms with E-state index in [1.54, 1.807) is 33.7 Å². The third-order valence-corrected chi connectivity index (χ3v) is 4.68. The molecule has 0 amide bonds. The van der Waals surface area contributed by atoms with Gasteiger partial charge in [-0.25, -0.2) is 4.98 Å². The summed E-state index contributed by atoms with van der Waals surface area (Å²) in [5.41, 5.74) is 4.91. The van der Waals surface area contributed by atoms with Gasteiger partial charge in [-0.15, -0.1) is 0 Å². The Kier molecular flexibility index (Phi) is 5.57. The van der Waals surface area contributed by atoms with E-state index < -0.39 is 0 Å². The van der Waals surface area contributed by atoms with Crippen molar-refractivity contribution in [2.24, 2.45) is 0 Å². The van der Waals surface area contributed by atoms with Crippen molar-refractivity contribution in [3.8, 4) is 51.2 Å². The molecule has 0 unspecified atom stereocenters. The molecule has 150 valence electrons. The molecule has 0 atom stereocenters. The summed E-state index contributed by atoms with van der Waals surface area (Å²) in [5.74, 6) is 1.72. The standard InChI is InChI=1S/C24H21N3O3/c1-28-22-14-17(15-23(29-2)24(22)30-3)16-12-20(18-8-4-6-10-25-18)27-21(13-16)19-9-5-7-11-26-19/h4-15H,1-3H3. The zero-order chi connectivity index (χ0) is 20.9. The summed E-state index contributed by atoms with van der Waals surface area (Å²) in [6.07, 6.45) is 3.51. The molecular formula is C24H21N3O3. The van der Waals surface area contributed by atoms with Crippen molar-refractivity contribution in [1.29, 1.82) is 0 Å². The van der Waals surface area contributed by atoms with Gasteiger partial charge in [0, 0.05) is 12.4 Å². The number of nitrogens with zero attached hydrogens (tertiary/aromatic N) is 3. The lowest BCUT2D eigenvalue weighted by molar-refractivity contribution is 0.324. The highest BCUT2D eigenvalue weighted by Gasteiger charge is 2.16. The van der Waals surface area contributed by atoms with E-state index in [1.165, 1.54) is 0 Å². The second-order valence-electron chi connectivity index (χ2n) is 6.47. The first-order chi connectivity index (χ1) is 14.7. The summed E-state index contributed by atoms with van der Waals surface area (Å²) in [4.78, 5) is 13.7. The lowest BCUT2D eigenvalue weighted by Crippen LogP contribution is -1.97. The zero-order valence-corrected chi connectivity index (χ0v) is 17.0. The summed E-state index contributed by atoms with van der Waals surface area (Å²) in [6.45, 7) is 0. The lowest BCUT2D eigenvalue weighted by atomic mass is 10.0. The third-order valence-electron chi connectivity index (χ3n) is 4.68. The first kappa shape index (κ1) is 19.4. The van der Waals surface area contributed by atoms with Crippen LogP contribution in [0.2, 0.25) is 0 Å². The van der Waals surface area contributed by atoms with Gasteiger partial charge in [-0.2, -0.15) is 0 Å². The molecule has 1 aromatic carbocycles. The number of benzene rings is 1.